The van der Waals surface area contributed by atoms with E-state index in [9.17, 15) is 0 Å². The first-order valence-electron chi connectivity index (χ1n) is 3.54. The highest BCUT2D eigenvalue weighted by Gasteiger charge is 1.82. The van der Waals surface area contributed by atoms with Gasteiger partial charge in [-0.2, -0.15) is 0 Å². The van der Waals surface area contributed by atoms with E-state index in [-0.39, 0.29) is 0 Å². The van der Waals surface area contributed by atoms with Crippen molar-refractivity contribution in [2.24, 2.45) is 0 Å². The molecule has 0 aliphatic carbocycles. The molecule has 56 valence electrons. The molecule has 0 amide bonds. The molecule has 0 heterocycles. The maximum atomic E-state index is 8.72. The van der Waals surface area contributed by atoms with Crippen molar-refractivity contribution in [3.8, 4) is 11.8 Å². The van der Waals surface area contributed by atoms with Crippen molar-refractivity contribution in [3.63, 3.8) is 0 Å². The van der Waals surface area contributed by atoms with E-state index in [2.05, 4.69) is 18.4 Å². The summed E-state index contributed by atoms with van der Waals surface area (Å²) in [4.78, 5) is 0. The molecule has 1 nitrogen and oxygen atoms in total. The van der Waals surface area contributed by atoms with Gasteiger partial charge < -0.3 is 5.11 Å². The Labute approximate surface area is 62.8 Å². The second-order valence-electron chi connectivity index (χ2n) is 2.18. The third-order valence-corrected chi connectivity index (χ3v) is 1.02. The van der Waals surface area contributed by atoms with Gasteiger partial charge in [0.2, 0.25) is 0 Å². The van der Waals surface area contributed by atoms with Crippen LogP contribution < -0.4 is 0 Å². The highest BCUT2D eigenvalue weighted by atomic mass is 16.3. The molecule has 0 aromatic heterocycles. The smallest absolute Gasteiger partial charge is 0.111 e. The van der Waals surface area contributed by atoms with E-state index in [0.29, 0.717) is 0 Å². The second-order valence-corrected chi connectivity index (χ2v) is 2.18. The Morgan fingerprint density at radius 3 is 2.90 bits per heavy atom. The quantitative estimate of drug-likeness (QED) is 0.358. The van der Waals surface area contributed by atoms with E-state index in [0.717, 1.165) is 19.3 Å². The SMILES string of the molecule is C=CCCCC#CC(C)O. The molecule has 0 aliphatic rings. The number of aliphatic hydroxyl groups is 1. The minimum atomic E-state index is -0.483. The molecule has 0 aliphatic heterocycles. The predicted molar refractivity (Wildman–Crippen MR) is 43.5 cm³/mol. The van der Waals surface area contributed by atoms with Crippen molar-refractivity contribution < 1.29 is 5.11 Å². The predicted octanol–water partition coefficient (Wildman–Crippen LogP) is 1.73. The molecule has 0 saturated carbocycles. The van der Waals surface area contributed by atoms with Crippen LogP contribution in [0, 0.1) is 11.8 Å². The van der Waals surface area contributed by atoms with E-state index in [1.54, 1.807) is 6.92 Å². The Kier molecular flexibility index (Phi) is 5.91. The van der Waals surface area contributed by atoms with Crippen LogP contribution in [0.3, 0.4) is 0 Å². The van der Waals surface area contributed by atoms with E-state index < -0.39 is 6.10 Å². The average Bonchev–Trinajstić information content (AvgIpc) is 1.87. The second kappa shape index (κ2) is 6.38. The molecule has 10 heavy (non-hydrogen) atoms. The summed E-state index contributed by atoms with van der Waals surface area (Å²) in [6.07, 6.45) is 4.31. The molecule has 0 bridgehead atoms. The third-order valence-electron chi connectivity index (χ3n) is 1.02. The molecule has 1 heteroatoms. The first kappa shape index (κ1) is 9.26. The lowest BCUT2D eigenvalue weighted by Gasteiger charge is -1.88. The lowest BCUT2D eigenvalue weighted by Crippen LogP contribution is -1.92. The third kappa shape index (κ3) is 7.26. The van der Waals surface area contributed by atoms with Gasteiger partial charge in [-0.25, -0.2) is 0 Å². The Bertz CT molecular complexity index is 137. The largest absolute Gasteiger partial charge is 0.381 e. The van der Waals surface area contributed by atoms with Crippen LogP contribution in [0.1, 0.15) is 26.2 Å². The van der Waals surface area contributed by atoms with Crippen LogP contribution in [0.5, 0.6) is 0 Å². The number of allylic oxidation sites excluding steroid dienone is 1. The molecule has 0 aromatic rings. The first-order valence-corrected chi connectivity index (χ1v) is 3.54. The van der Waals surface area contributed by atoms with E-state index in [4.69, 9.17) is 5.11 Å². The van der Waals surface area contributed by atoms with Gasteiger partial charge in [0.05, 0.1) is 0 Å². The van der Waals surface area contributed by atoms with Crippen molar-refractivity contribution in [2.45, 2.75) is 32.3 Å². The first-order chi connectivity index (χ1) is 4.77. The van der Waals surface area contributed by atoms with Crippen LogP contribution in [0.15, 0.2) is 12.7 Å². The van der Waals surface area contributed by atoms with Crippen LogP contribution in [-0.2, 0) is 0 Å². The fourth-order valence-corrected chi connectivity index (χ4v) is 0.555. The highest BCUT2D eigenvalue weighted by molar-refractivity contribution is 5.02. The molecular formula is C9H14O. The van der Waals surface area contributed by atoms with Gasteiger partial charge in [0.25, 0.3) is 0 Å². The van der Waals surface area contributed by atoms with E-state index in [1.165, 1.54) is 0 Å². The number of aliphatic hydroxyl groups excluding tert-OH is 1. The summed E-state index contributed by atoms with van der Waals surface area (Å²) in [5.74, 6) is 5.55. The van der Waals surface area contributed by atoms with Crippen molar-refractivity contribution in [1.29, 1.82) is 0 Å². The maximum absolute atomic E-state index is 8.72. The van der Waals surface area contributed by atoms with Crippen LogP contribution in [0.4, 0.5) is 0 Å². The van der Waals surface area contributed by atoms with Crippen molar-refractivity contribution >= 4 is 0 Å². The van der Waals surface area contributed by atoms with Gasteiger partial charge in [-0.15, -0.1) is 12.5 Å². The minimum Gasteiger partial charge on any atom is -0.381 e. The fraction of sp³-hybridized carbons (Fsp3) is 0.556. The summed E-state index contributed by atoms with van der Waals surface area (Å²) in [5.41, 5.74) is 0. The van der Waals surface area contributed by atoms with E-state index >= 15 is 0 Å². The molecule has 0 spiro atoms. The van der Waals surface area contributed by atoms with Crippen molar-refractivity contribution in [1.82, 2.24) is 0 Å². The van der Waals surface area contributed by atoms with Crippen LogP contribution in [-0.4, -0.2) is 11.2 Å². The lowest BCUT2D eigenvalue weighted by molar-refractivity contribution is 0.253. The Morgan fingerprint density at radius 1 is 1.70 bits per heavy atom. The standard InChI is InChI=1S/C9H14O/c1-3-4-5-6-7-8-9(2)10/h3,9-10H,1,4-6H2,2H3. The molecule has 0 aromatic carbocycles. The fourth-order valence-electron chi connectivity index (χ4n) is 0.555. The Morgan fingerprint density at radius 2 is 2.40 bits per heavy atom. The zero-order valence-corrected chi connectivity index (χ0v) is 6.43. The summed E-state index contributed by atoms with van der Waals surface area (Å²) in [6.45, 7) is 5.26. The van der Waals surface area contributed by atoms with Crippen LogP contribution in [0.2, 0.25) is 0 Å². The normalized spacial score (nSPS) is 11.4. The molecule has 0 rings (SSSR count). The number of hydrogen-bond donors (Lipinski definition) is 1. The molecule has 1 N–H and O–H groups in total. The molecule has 0 radical (unpaired) electrons. The topological polar surface area (TPSA) is 20.2 Å². The van der Waals surface area contributed by atoms with E-state index in [1.807, 2.05) is 6.08 Å². The molecule has 0 fully saturated rings. The average molecular weight is 138 g/mol. The number of unbranched alkanes of at least 4 members (excludes halogenated alkanes) is 2. The number of rotatable bonds is 3. The monoisotopic (exact) mass is 138 g/mol. The van der Waals surface area contributed by atoms with Gasteiger partial charge in [-0.3, -0.25) is 0 Å². The van der Waals surface area contributed by atoms with Gasteiger partial charge >= 0.3 is 0 Å². The number of hydrogen-bond acceptors (Lipinski definition) is 1. The Balaban J connectivity index is 3.20. The van der Waals surface area contributed by atoms with Gasteiger partial charge in [-0.05, 0) is 19.8 Å². The molecular weight excluding hydrogens is 124 g/mol. The maximum Gasteiger partial charge on any atom is 0.111 e. The zero-order chi connectivity index (χ0) is 7.82. The van der Waals surface area contributed by atoms with Gasteiger partial charge in [0, 0.05) is 6.42 Å². The van der Waals surface area contributed by atoms with Crippen LogP contribution in [0.25, 0.3) is 0 Å². The van der Waals surface area contributed by atoms with Crippen molar-refractivity contribution in [3.05, 3.63) is 12.7 Å². The summed E-state index contributed by atoms with van der Waals surface area (Å²) in [7, 11) is 0. The molecule has 1 atom stereocenters. The van der Waals surface area contributed by atoms with Gasteiger partial charge in [0.1, 0.15) is 6.10 Å². The molecule has 1 unspecified atom stereocenters. The van der Waals surface area contributed by atoms with Crippen molar-refractivity contribution in [2.75, 3.05) is 0 Å². The lowest BCUT2D eigenvalue weighted by atomic mass is 10.2. The zero-order valence-electron chi connectivity index (χ0n) is 6.43. The van der Waals surface area contributed by atoms with Crippen LogP contribution >= 0.6 is 0 Å². The van der Waals surface area contributed by atoms with Gasteiger partial charge in [0.15, 0.2) is 0 Å². The summed E-state index contributed by atoms with van der Waals surface area (Å²) < 4.78 is 0. The summed E-state index contributed by atoms with van der Waals surface area (Å²) >= 11 is 0. The highest BCUT2D eigenvalue weighted by Crippen LogP contribution is 1.93. The van der Waals surface area contributed by atoms with Gasteiger partial charge in [-0.1, -0.05) is 12.0 Å². The summed E-state index contributed by atoms with van der Waals surface area (Å²) in [6, 6.07) is 0. The minimum absolute atomic E-state index is 0.483. The molecule has 0 saturated heterocycles. The Hall–Kier alpha value is -0.740. The summed E-state index contributed by atoms with van der Waals surface area (Å²) in [5, 5.41) is 8.72.